The highest BCUT2D eigenvalue weighted by Gasteiger charge is 2.69. The molecule has 5 rings (SSSR count). The number of aliphatic carboxylic acids is 1. The molecule has 5 aliphatic carbocycles. The Morgan fingerprint density at radius 2 is 1.56 bits per heavy atom. The summed E-state index contributed by atoms with van der Waals surface area (Å²) in [5, 5.41) is 60.1. The van der Waals surface area contributed by atoms with Crippen molar-refractivity contribution in [2.45, 2.75) is 137 Å². The lowest BCUT2D eigenvalue weighted by Crippen LogP contribution is -2.65. The number of carboxylic acid groups (broad SMARTS) is 1. The third-order valence-corrected chi connectivity index (χ3v) is 15.1. The zero-order chi connectivity index (χ0) is 33.5. The average Bonchev–Trinajstić information content (AvgIpc) is 2.98. The smallest absolute Gasteiger partial charge is 0.338 e. The number of allylic oxidation sites excluding steroid dienone is 2. The van der Waals surface area contributed by atoms with Gasteiger partial charge in [-0.15, -0.1) is 0 Å². The van der Waals surface area contributed by atoms with Crippen molar-refractivity contribution in [1.82, 2.24) is 0 Å². The monoisotopic (exact) mass is 634 g/mol. The number of carbonyl (C=O) groups is 2. The Hall–Kier alpha value is -1.52. The van der Waals surface area contributed by atoms with Gasteiger partial charge >= 0.3 is 11.9 Å². The second kappa shape index (κ2) is 11.6. The van der Waals surface area contributed by atoms with E-state index in [1.807, 2.05) is 0 Å². The van der Waals surface area contributed by atoms with E-state index in [1.54, 1.807) is 0 Å². The molecule has 256 valence electrons. The summed E-state index contributed by atoms with van der Waals surface area (Å²) in [7, 11) is 0. The van der Waals surface area contributed by atoms with Gasteiger partial charge in [0.05, 0.1) is 12.0 Å². The Morgan fingerprint density at radius 3 is 2.18 bits per heavy atom. The van der Waals surface area contributed by atoms with Crippen molar-refractivity contribution in [3.05, 3.63) is 11.6 Å². The molecule has 4 fully saturated rings. The molecule has 0 saturated heterocycles. The Kier molecular flexibility index (Phi) is 8.95. The van der Waals surface area contributed by atoms with Crippen LogP contribution in [0.1, 0.15) is 106 Å². The van der Waals surface area contributed by atoms with Crippen LogP contribution in [0.5, 0.6) is 0 Å². The fraction of sp³-hybridized carbons (Fsp3) is 0.889. The summed E-state index contributed by atoms with van der Waals surface area (Å²) in [4.78, 5) is 25.9. The van der Waals surface area contributed by atoms with Gasteiger partial charge in [-0.05, 0) is 104 Å². The van der Waals surface area contributed by atoms with Gasteiger partial charge in [-0.3, -0.25) is 4.79 Å². The largest absolute Gasteiger partial charge is 0.481 e. The molecule has 45 heavy (non-hydrogen) atoms. The van der Waals surface area contributed by atoms with Crippen molar-refractivity contribution < 1.29 is 45.0 Å². The summed E-state index contributed by atoms with van der Waals surface area (Å²) in [5.74, 6) is -0.192. The quantitative estimate of drug-likeness (QED) is 0.179. The first-order valence-corrected chi connectivity index (χ1v) is 17.3. The number of hydrogen-bond acceptors (Lipinski definition) is 8. The normalized spacial score (nSPS) is 46.5. The molecule has 0 aromatic rings. The van der Waals surface area contributed by atoms with Crippen LogP contribution in [-0.4, -0.2) is 79.7 Å². The molecule has 0 aromatic heterocycles. The molecule has 14 atom stereocenters. The highest BCUT2D eigenvalue weighted by Crippen LogP contribution is 2.75. The minimum Gasteiger partial charge on any atom is -0.481 e. The zero-order valence-corrected chi connectivity index (χ0v) is 28.3. The van der Waals surface area contributed by atoms with E-state index in [-0.39, 0.29) is 28.1 Å². The molecule has 0 bridgehead atoms. The molecule has 0 heterocycles. The lowest BCUT2D eigenvalue weighted by atomic mass is 9.33. The van der Waals surface area contributed by atoms with E-state index >= 15 is 0 Å². The van der Waals surface area contributed by atoms with Crippen molar-refractivity contribution in [2.24, 2.45) is 56.7 Å². The van der Waals surface area contributed by atoms with Gasteiger partial charge in [-0.1, -0.05) is 60.1 Å². The summed E-state index contributed by atoms with van der Waals surface area (Å²) in [6, 6.07) is 0. The van der Waals surface area contributed by atoms with Crippen molar-refractivity contribution in [1.29, 1.82) is 0 Å². The number of aliphatic hydroxyl groups excluding tert-OH is 5. The number of carbonyl (C=O) groups excluding carboxylic acids is 1. The van der Waals surface area contributed by atoms with Crippen LogP contribution in [0.15, 0.2) is 11.6 Å². The fourth-order valence-electron chi connectivity index (χ4n) is 11.9. The summed E-state index contributed by atoms with van der Waals surface area (Å²) in [5.41, 5.74) is 0.163. The highest BCUT2D eigenvalue weighted by molar-refractivity contribution is 5.77. The van der Waals surface area contributed by atoms with Gasteiger partial charge in [0.1, 0.15) is 24.4 Å². The van der Waals surface area contributed by atoms with Gasteiger partial charge in [-0.2, -0.15) is 0 Å². The van der Waals surface area contributed by atoms with Crippen LogP contribution in [0.25, 0.3) is 0 Å². The molecule has 1 unspecified atom stereocenters. The number of rotatable bonds is 7. The third kappa shape index (κ3) is 4.88. The second-order valence-electron chi connectivity index (χ2n) is 17.1. The molecule has 0 spiro atoms. The first kappa shape index (κ1) is 34.8. The topological polar surface area (TPSA) is 165 Å². The van der Waals surface area contributed by atoms with Gasteiger partial charge in [0, 0.05) is 5.41 Å². The lowest BCUT2D eigenvalue weighted by molar-refractivity contribution is -0.220. The molecular formula is C36H58O9. The highest BCUT2D eigenvalue weighted by atomic mass is 16.6. The van der Waals surface area contributed by atoms with Gasteiger partial charge in [0.2, 0.25) is 0 Å². The Balaban J connectivity index is 1.41. The summed E-state index contributed by atoms with van der Waals surface area (Å²) in [6.45, 7) is 15.3. The predicted molar refractivity (Wildman–Crippen MR) is 168 cm³/mol. The Morgan fingerprint density at radius 1 is 0.889 bits per heavy atom. The maximum Gasteiger partial charge on any atom is 0.338 e. The number of hydrogen-bond donors (Lipinski definition) is 6. The molecule has 9 heteroatoms. The standard InChI is InChI=1S/C36H58O9/c1-19-10-15-36(31(43)44)17-16-34(6)21(26(36)20(19)2)8-9-24-33(5)13-12-25(32(3,4)23(33)11-14-35(24,34)7)45-30(42)29(41)28(40)27(39)22(38)18-37/h8,19-20,22-29,37-41H,9-18H2,1-7H3,(H,43,44)/t19-,20+,22-,23?,24-,25+,26+,27-,28+,29+,33+,34-,35-,36+/m1/s1. The molecule has 9 nitrogen and oxygen atoms in total. The van der Waals surface area contributed by atoms with Crippen molar-refractivity contribution in [3.8, 4) is 0 Å². The molecule has 0 amide bonds. The summed E-state index contributed by atoms with van der Waals surface area (Å²) < 4.78 is 5.86. The van der Waals surface area contributed by atoms with E-state index in [1.165, 1.54) is 5.57 Å². The SMILES string of the molecule is C[C@H]1[C@H](C)CC[C@]2(C(=O)O)CC[C@]3(C)C(=CC[C@@H]4[C@@]5(C)CC[C@H](OC(=O)[C@@H](O)[C@@H](O)[C@H](O)[C@H](O)CO)C(C)(C)C5CC[C@]43C)[C@H]12. The predicted octanol–water partition coefficient (Wildman–Crippen LogP) is 4.08. The molecule has 5 aliphatic rings. The van der Waals surface area contributed by atoms with Crippen LogP contribution in [-0.2, 0) is 14.3 Å². The van der Waals surface area contributed by atoms with Crippen molar-refractivity contribution in [3.63, 3.8) is 0 Å². The van der Waals surface area contributed by atoms with Gasteiger partial charge in [-0.25, -0.2) is 4.79 Å². The second-order valence-corrected chi connectivity index (χ2v) is 17.1. The third-order valence-electron chi connectivity index (χ3n) is 15.1. The molecule has 6 N–H and O–H groups in total. The fourth-order valence-corrected chi connectivity index (χ4v) is 11.9. The zero-order valence-electron chi connectivity index (χ0n) is 28.3. The van der Waals surface area contributed by atoms with Crippen LogP contribution in [0, 0.1) is 56.7 Å². The van der Waals surface area contributed by atoms with E-state index in [9.17, 15) is 35.1 Å². The van der Waals surface area contributed by atoms with E-state index < -0.39 is 59.9 Å². The molecular weight excluding hydrogens is 576 g/mol. The van der Waals surface area contributed by atoms with Crippen LogP contribution in [0.3, 0.4) is 0 Å². The minimum absolute atomic E-state index is 0.00300. The minimum atomic E-state index is -2.06. The maximum absolute atomic E-state index is 13.0. The molecule has 0 radical (unpaired) electrons. The Labute approximate surface area is 268 Å². The summed E-state index contributed by atoms with van der Waals surface area (Å²) >= 11 is 0. The first-order valence-electron chi connectivity index (χ1n) is 17.3. The van der Waals surface area contributed by atoms with Gasteiger partial charge in [0.25, 0.3) is 0 Å². The van der Waals surface area contributed by atoms with Crippen molar-refractivity contribution >= 4 is 11.9 Å². The van der Waals surface area contributed by atoms with E-state index in [4.69, 9.17) is 9.84 Å². The van der Waals surface area contributed by atoms with E-state index in [2.05, 4.69) is 54.5 Å². The van der Waals surface area contributed by atoms with Crippen LogP contribution in [0.2, 0.25) is 0 Å². The van der Waals surface area contributed by atoms with Crippen molar-refractivity contribution in [2.75, 3.05) is 6.61 Å². The van der Waals surface area contributed by atoms with Crippen LogP contribution < -0.4 is 0 Å². The number of fused-ring (bicyclic) bond motifs is 7. The number of aliphatic hydroxyl groups is 5. The average molecular weight is 635 g/mol. The number of carboxylic acids is 1. The van der Waals surface area contributed by atoms with Crippen LogP contribution in [0.4, 0.5) is 0 Å². The first-order chi connectivity index (χ1) is 20.8. The maximum atomic E-state index is 13.0. The molecule has 0 aliphatic heterocycles. The van der Waals surface area contributed by atoms with Gasteiger partial charge in [0.15, 0.2) is 6.10 Å². The summed E-state index contributed by atoms with van der Waals surface area (Å²) in [6.07, 6.45) is 1.91. The van der Waals surface area contributed by atoms with Gasteiger partial charge < -0.3 is 35.4 Å². The number of esters is 1. The Bertz CT molecular complexity index is 1200. The molecule has 0 aromatic carbocycles. The lowest BCUT2D eigenvalue weighted by Gasteiger charge is -2.71. The van der Waals surface area contributed by atoms with Crippen LogP contribution >= 0.6 is 0 Å². The molecule has 4 saturated carbocycles. The van der Waals surface area contributed by atoms with E-state index in [0.717, 1.165) is 51.4 Å². The van der Waals surface area contributed by atoms with E-state index in [0.29, 0.717) is 24.2 Å². The number of ether oxygens (including phenoxy) is 1.